The third kappa shape index (κ3) is 1.83. The summed E-state index contributed by atoms with van der Waals surface area (Å²) in [6.07, 6.45) is 2.66. The zero-order valence-corrected chi connectivity index (χ0v) is 6.49. The molecule has 4 nitrogen and oxygen atoms in total. The van der Waals surface area contributed by atoms with Crippen molar-refractivity contribution in [1.29, 1.82) is 0 Å². The Labute approximate surface area is 66.0 Å². The van der Waals surface area contributed by atoms with Gasteiger partial charge in [-0.05, 0) is 19.3 Å². The van der Waals surface area contributed by atoms with E-state index in [0.29, 0.717) is 6.04 Å². The number of amides is 2. The molecule has 0 radical (unpaired) electrons. The van der Waals surface area contributed by atoms with Gasteiger partial charge in [-0.1, -0.05) is 0 Å². The molecule has 1 fully saturated rings. The summed E-state index contributed by atoms with van der Waals surface area (Å²) in [5.74, 6) is 0. The maximum absolute atomic E-state index is 10.6. The van der Waals surface area contributed by atoms with E-state index in [1.54, 1.807) is 4.90 Å². The van der Waals surface area contributed by atoms with Gasteiger partial charge in [-0.2, -0.15) is 0 Å². The Balaban J connectivity index is 2.20. The fourth-order valence-electron chi connectivity index (χ4n) is 1.36. The average molecular weight is 158 g/mol. The second-order valence-corrected chi connectivity index (χ2v) is 2.84. The Morgan fingerprint density at radius 1 is 1.73 bits per heavy atom. The lowest BCUT2D eigenvalue weighted by Gasteiger charge is -2.39. The van der Waals surface area contributed by atoms with Crippen molar-refractivity contribution in [2.24, 2.45) is 5.73 Å². The molecule has 1 heterocycles. The van der Waals surface area contributed by atoms with Crippen LogP contribution in [0.4, 0.5) is 4.79 Å². The molecule has 1 aliphatic heterocycles. The van der Waals surface area contributed by atoms with Crippen molar-refractivity contribution in [1.82, 2.24) is 4.90 Å². The highest BCUT2D eigenvalue weighted by molar-refractivity contribution is 5.73. The number of nitrogens with zero attached hydrogens (tertiary/aromatic N) is 1. The lowest BCUT2D eigenvalue weighted by molar-refractivity contribution is 0.110. The topological polar surface area (TPSA) is 66.6 Å². The first kappa shape index (κ1) is 8.33. The summed E-state index contributed by atoms with van der Waals surface area (Å²) in [6, 6.07) is -0.0427. The molecule has 1 saturated heterocycles. The minimum Gasteiger partial charge on any atom is -0.396 e. The van der Waals surface area contributed by atoms with Crippen LogP contribution >= 0.6 is 0 Å². The van der Waals surface area contributed by atoms with Gasteiger partial charge in [0.25, 0.3) is 0 Å². The predicted molar refractivity (Wildman–Crippen MR) is 41.0 cm³/mol. The van der Waals surface area contributed by atoms with Gasteiger partial charge in [0.15, 0.2) is 0 Å². The van der Waals surface area contributed by atoms with Gasteiger partial charge < -0.3 is 15.7 Å². The van der Waals surface area contributed by atoms with Crippen LogP contribution in [0.2, 0.25) is 0 Å². The Hall–Kier alpha value is -0.770. The molecule has 1 rings (SSSR count). The second kappa shape index (κ2) is 3.57. The van der Waals surface area contributed by atoms with Gasteiger partial charge in [0.1, 0.15) is 0 Å². The van der Waals surface area contributed by atoms with Crippen molar-refractivity contribution < 1.29 is 9.90 Å². The maximum atomic E-state index is 10.6. The molecule has 0 aromatic rings. The highest BCUT2D eigenvalue weighted by Gasteiger charge is 2.29. The van der Waals surface area contributed by atoms with Crippen LogP contribution in [0.5, 0.6) is 0 Å². The van der Waals surface area contributed by atoms with E-state index >= 15 is 0 Å². The van der Waals surface area contributed by atoms with E-state index in [1.807, 2.05) is 0 Å². The van der Waals surface area contributed by atoms with E-state index in [0.717, 1.165) is 25.8 Å². The van der Waals surface area contributed by atoms with Crippen LogP contribution in [0.3, 0.4) is 0 Å². The highest BCUT2D eigenvalue weighted by Crippen LogP contribution is 2.20. The normalized spacial score (nSPS) is 23.0. The number of carbonyl (C=O) groups excluding carboxylic acids is 1. The van der Waals surface area contributed by atoms with E-state index in [-0.39, 0.29) is 12.6 Å². The minimum atomic E-state index is -0.334. The Bertz CT molecular complexity index is 149. The first-order valence-electron chi connectivity index (χ1n) is 3.92. The van der Waals surface area contributed by atoms with E-state index in [1.165, 1.54) is 0 Å². The number of aliphatic hydroxyl groups is 1. The first-order valence-corrected chi connectivity index (χ1v) is 3.92. The molecule has 1 aliphatic rings. The van der Waals surface area contributed by atoms with Crippen LogP contribution in [0, 0.1) is 0 Å². The monoisotopic (exact) mass is 158 g/mol. The fourth-order valence-corrected chi connectivity index (χ4v) is 1.36. The molecule has 1 unspecified atom stereocenters. The summed E-state index contributed by atoms with van der Waals surface area (Å²) >= 11 is 0. The van der Waals surface area contributed by atoms with Gasteiger partial charge in [-0.15, -0.1) is 0 Å². The molecule has 1 atom stereocenters. The number of urea groups is 1. The van der Waals surface area contributed by atoms with Gasteiger partial charge in [0, 0.05) is 19.2 Å². The van der Waals surface area contributed by atoms with Gasteiger partial charge in [-0.25, -0.2) is 4.79 Å². The largest absolute Gasteiger partial charge is 0.396 e. The molecule has 11 heavy (non-hydrogen) atoms. The van der Waals surface area contributed by atoms with Crippen molar-refractivity contribution in [2.45, 2.75) is 25.3 Å². The zero-order valence-electron chi connectivity index (χ0n) is 6.49. The van der Waals surface area contributed by atoms with Gasteiger partial charge in [-0.3, -0.25) is 0 Å². The molecule has 0 bridgehead atoms. The molecule has 0 aromatic heterocycles. The summed E-state index contributed by atoms with van der Waals surface area (Å²) in [5, 5.41) is 8.52. The predicted octanol–water partition coefficient (Wildman–Crippen LogP) is -0.0881. The number of aliphatic hydroxyl groups excluding tert-OH is 1. The minimum absolute atomic E-state index is 0.198. The maximum Gasteiger partial charge on any atom is 0.315 e. The molecule has 0 spiro atoms. The molecular formula is C7H14N2O2. The quantitative estimate of drug-likeness (QED) is 0.603. The Morgan fingerprint density at radius 2 is 2.45 bits per heavy atom. The highest BCUT2D eigenvalue weighted by atomic mass is 16.3. The summed E-state index contributed by atoms with van der Waals surface area (Å²) < 4.78 is 0. The Morgan fingerprint density at radius 3 is 2.82 bits per heavy atom. The van der Waals surface area contributed by atoms with Crippen molar-refractivity contribution in [3.05, 3.63) is 0 Å². The molecule has 2 amide bonds. The smallest absolute Gasteiger partial charge is 0.315 e. The SMILES string of the molecule is NC(=O)N1CCC1CCCO. The van der Waals surface area contributed by atoms with Crippen LogP contribution in [-0.4, -0.2) is 35.2 Å². The summed E-state index contributed by atoms with van der Waals surface area (Å²) in [7, 11) is 0. The van der Waals surface area contributed by atoms with E-state index < -0.39 is 0 Å². The van der Waals surface area contributed by atoms with Crippen LogP contribution in [0.1, 0.15) is 19.3 Å². The Kier molecular flexibility index (Phi) is 2.70. The fraction of sp³-hybridized carbons (Fsp3) is 0.857. The van der Waals surface area contributed by atoms with Crippen LogP contribution < -0.4 is 5.73 Å². The first-order chi connectivity index (χ1) is 5.25. The van der Waals surface area contributed by atoms with E-state index in [4.69, 9.17) is 10.8 Å². The molecule has 0 aromatic carbocycles. The zero-order chi connectivity index (χ0) is 8.27. The van der Waals surface area contributed by atoms with Crippen molar-refractivity contribution >= 4 is 6.03 Å². The number of primary amides is 1. The number of carbonyl (C=O) groups is 1. The van der Waals surface area contributed by atoms with E-state index in [9.17, 15) is 4.79 Å². The van der Waals surface area contributed by atoms with Gasteiger partial charge in [0.2, 0.25) is 0 Å². The molecule has 3 N–H and O–H groups in total. The molecule has 0 aliphatic carbocycles. The number of nitrogens with two attached hydrogens (primary N) is 1. The van der Waals surface area contributed by atoms with E-state index in [2.05, 4.69) is 0 Å². The second-order valence-electron chi connectivity index (χ2n) is 2.84. The van der Waals surface area contributed by atoms with Crippen molar-refractivity contribution in [3.8, 4) is 0 Å². The third-order valence-electron chi connectivity index (χ3n) is 2.12. The third-order valence-corrected chi connectivity index (χ3v) is 2.12. The summed E-state index contributed by atoms with van der Waals surface area (Å²) in [5.41, 5.74) is 5.08. The van der Waals surface area contributed by atoms with Gasteiger partial charge in [0.05, 0.1) is 0 Å². The average Bonchev–Trinajstić information content (AvgIpc) is 1.84. The lowest BCUT2D eigenvalue weighted by Crippen LogP contribution is -2.53. The molecular weight excluding hydrogens is 144 g/mol. The van der Waals surface area contributed by atoms with Gasteiger partial charge >= 0.3 is 6.03 Å². The summed E-state index contributed by atoms with van der Waals surface area (Å²) in [4.78, 5) is 12.3. The van der Waals surface area contributed by atoms with Crippen molar-refractivity contribution in [3.63, 3.8) is 0 Å². The number of hydrogen-bond donors (Lipinski definition) is 2. The standard InChI is InChI=1S/C7H14N2O2/c8-7(11)9-4-3-6(9)2-1-5-10/h6,10H,1-5H2,(H2,8,11). The molecule has 64 valence electrons. The number of rotatable bonds is 3. The van der Waals surface area contributed by atoms with Crippen molar-refractivity contribution in [2.75, 3.05) is 13.2 Å². The summed E-state index contributed by atoms with van der Waals surface area (Å²) in [6.45, 7) is 0.981. The van der Waals surface area contributed by atoms with Crippen LogP contribution in [0.15, 0.2) is 0 Å². The molecule has 0 saturated carbocycles. The van der Waals surface area contributed by atoms with Crippen LogP contribution in [-0.2, 0) is 0 Å². The number of likely N-dealkylation sites (tertiary alicyclic amines) is 1. The lowest BCUT2D eigenvalue weighted by atomic mass is 9.99. The molecule has 4 heteroatoms. The van der Waals surface area contributed by atoms with Crippen LogP contribution in [0.25, 0.3) is 0 Å². The number of hydrogen-bond acceptors (Lipinski definition) is 2.